The lowest BCUT2D eigenvalue weighted by Gasteiger charge is -2.33. The molecule has 0 radical (unpaired) electrons. The Morgan fingerprint density at radius 3 is 2.49 bits per heavy atom. The average Bonchev–Trinajstić information content (AvgIpc) is 3.36. The molecule has 7 rings (SSSR count). The SMILES string of the molecule is CC(C)n1nc(-c2cnc3cnn([C@H](C)c4ccccn4)c3c2)cc1C1[C@H]2CC(N3CCOCC3)C[C@@H]12. The molecule has 3 fully saturated rings. The topological polar surface area (TPSA) is 73.9 Å². The first-order valence-corrected chi connectivity index (χ1v) is 13.7. The van der Waals surface area contributed by atoms with E-state index < -0.39 is 0 Å². The standard InChI is InChI=1S/C29H35N7O/c1-18(2)35-28(29-22-13-21(14-23(22)29)34-8-10-37-11-9-34)15-25(33-35)20-12-27-26(31-16-20)17-32-36(27)19(3)24-6-4-5-7-30-24/h4-7,12,15-19,21-23,29H,8-11,13-14H2,1-3H3/t19-,21?,22-,23+,29?/m1/s1. The third kappa shape index (κ3) is 3.97. The number of fused-ring (bicyclic) bond motifs is 2. The molecule has 5 heterocycles. The molecule has 8 nitrogen and oxygen atoms in total. The molecule has 2 aliphatic carbocycles. The maximum Gasteiger partial charge on any atom is 0.108 e. The summed E-state index contributed by atoms with van der Waals surface area (Å²) in [4.78, 5) is 11.9. The number of ether oxygens (including phenoxy) is 1. The van der Waals surface area contributed by atoms with E-state index >= 15 is 0 Å². The molecule has 4 aromatic heterocycles. The summed E-state index contributed by atoms with van der Waals surface area (Å²) < 4.78 is 9.86. The zero-order chi connectivity index (χ0) is 25.1. The molecule has 1 saturated heterocycles. The van der Waals surface area contributed by atoms with Gasteiger partial charge in [-0.2, -0.15) is 10.2 Å². The second-order valence-corrected chi connectivity index (χ2v) is 11.3. The predicted molar refractivity (Wildman–Crippen MR) is 142 cm³/mol. The van der Waals surface area contributed by atoms with Crippen LogP contribution in [0.5, 0.6) is 0 Å². The number of pyridine rings is 2. The van der Waals surface area contributed by atoms with Crippen LogP contribution in [0.2, 0.25) is 0 Å². The van der Waals surface area contributed by atoms with Crippen molar-refractivity contribution in [3.05, 3.63) is 60.3 Å². The van der Waals surface area contributed by atoms with Gasteiger partial charge in [-0.25, -0.2) is 0 Å². The summed E-state index contributed by atoms with van der Waals surface area (Å²) in [5, 5.41) is 9.77. The van der Waals surface area contributed by atoms with Gasteiger partial charge in [0.1, 0.15) is 5.52 Å². The smallest absolute Gasteiger partial charge is 0.108 e. The van der Waals surface area contributed by atoms with Gasteiger partial charge in [-0.1, -0.05) is 6.07 Å². The first kappa shape index (κ1) is 23.0. The second-order valence-electron chi connectivity index (χ2n) is 11.3. The molecule has 0 amide bonds. The molecule has 0 bridgehead atoms. The van der Waals surface area contributed by atoms with Crippen molar-refractivity contribution in [2.75, 3.05) is 26.3 Å². The van der Waals surface area contributed by atoms with E-state index in [0.717, 1.165) is 72.2 Å². The molecular weight excluding hydrogens is 462 g/mol. The first-order chi connectivity index (χ1) is 18.1. The van der Waals surface area contributed by atoms with Crippen LogP contribution < -0.4 is 0 Å². The van der Waals surface area contributed by atoms with Crippen LogP contribution in [0, 0.1) is 11.8 Å². The van der Waals surface area contributed by atoms with Crippen LogP contribution >= 0.6 is 0 Å². The zero-order valence-electron chi connectivity index (χ0n) is 21.9. The van der Waals surface area contributed by atoms with Gasteiger partial charge in [-0.3, -0.25) is 24.2 Å². The maximum absolute atomic E-state index is 5.57. The summed E-state index contributed by atoms with van der Waals surface area (Å²) in [6.45, 7) is 10.6. The summed E-state index contributed by atoms with van der Waals surface area (Å²) in [5.74, 6) is 2.21. The van der Waals surface area contributed by atoms with Crippen molar-refractivity contribution < 1.29 is 4.74 Å². The summed E-state index contributed by atoms with van der Waals surface area (Å²) in [6, 6.07) is 11.6. The van der Waals surface area contributed by atoms with E-state index in [0.29, 0.717) is 12.0 Å². The fourth-order valence-corrected chi connectivity index (χ4v) is 6.83. The van der Waals surface area contributed by atoms with E-state index in [2.05, 4.69) is 52.6 Å². The molecule has 37 heavy (non-hydrogen) atoms. The van der Waals surface area contributed by atoms with E-state index in [4.69, 9.17) is 14.8 Å². The van der Waals surface area contributed by atoms with Crippen LogP contribution in [0.4, 0.5) is 0 Å². The number of aromatic nitrogens is 6. The van der Waals surface area contributed by atoms with Crippen LogP contribution in [0.25, 0.3) is 22.3 Å². The van der Waals surface area contributed by atoms with Gasteiger partial charge in [0, 0.05) is 54.7 Å². The lowest BCUT2D eigenvalue weighted by atomic mass is 10.0. The minimum absolute atomic E-state index is 0.0183. The monoisotopic (exact) mass is 497 g/mol. The molecule has 3 aliphatic rings. The van der Waals surface area contributed by atoms with Crippen LogP contribution in [0.1, 0.15) is 63.0 Å². The molecule has 0 aromatic carbocycles. The van der Waals surface area contributed by atoms with Crippen LogP contribution in [-0.4, -0.2) is 66.8 Å². The quantitative estimate of drug-likeness (QED) is 0.384. The molecule has 2 unspecified atom stereocenters. The average molecular weight is 498 g/mol. The normalized spacial score (nSPS) is 26.6. The molecule has 0 N–H and O–H groups in total. The summed E-state index contributed by atoms with van der Waals surface area (Å²) in [6.07, 6.45) is 8.24. The van der Waals surface area contributed by atoms with Crippen molar-refractivity contribution in [1.82, 2.24) is 34.4 Å². The van der Waals surface area contributed by atoms with Crippen molar-refractivity contribution in [3.8, 4) is 11.3 Å². The third-order valence-electron chi connectivity index (χ3n) is 8.80. The number of nitrogens with zero attached hydrogens (tertiary/aromatic N) is 7. The Labute approximate surface area is 217 Å². The Morgan fingerprint density at radius 2 is 1.76 bits per heavy atom. The Bertz CT molecular complexity index is 1390. The molecular formula is C29H35N7O. The number of rotatable bonds is 6. The van der Waals surface area contributed by atoms with Gasteiger partial charge < -0.3 is 4.74 Å². The van der Waals surface area contributed by atoms with Crippen molar-refractivity contribution in [2.45, 2.75) is 57.7 Å². The van der Waals surface area contributed by atoms with E-state index in [1.807, 2.05) is 41.5 Å². The number of morpholine rings is 1. The fourth-order valence-electron chi connectivity index (χ4n) is 6.83. The lowest BCUT2D eigenvalue weighted by Crippen LogP contribution is -2.43. The lowest BCUT2D eigenvalue weighted by molar-refractivity contribution is 0.0151. The van der Waals surface area contributed by atoms with E-state index in [1.54, 1.807) is 0 Å². The van der Waals surface area contributed by atoms with Gasteiger partial charge in [-0.05, 0) is 69.7 Å². The molecule has 1 aliphatic heterocycles. The highest BCUT2D eigenvalue weighted by Gasteiger charge is 2.58. The fraction of sp³-hybridized carbons (Fsp3) is 0.517. The Balaban J connectivity index is 1.17. The summed E-state index contributed by atoms with van der Waals surface area (Å²) >= 11 is 0. The van der Waals surface area contributed by atoms with E-state index in [1.165, 1.54) is 18.5 Å². The number of hydrogen-bond acceptors (Lipinski definition) is 6. The second kappa shape index (κ2) is 9.03. The minimum Gasteiger partial charge on any atom is -0.379 e. The Hall–Kier alpha value is -3.10. The van der Waals surface area contributed by atoms with Crippen LogP contribution in [0.3, 0.4) is 0 Å². The van der Waals surface area contributed by atoms with Gasteiger partial charge in [0.2, 0.25) is 0 Å². The van der Waals surface area contributed by atoms with Gasteiger partial charge in [0.05, 0.1) is 42.4 Å². The largest absolute Gasteiger partial charge is 0.379 e. The van der Waals surface area contributed by atoms with Crippen molar-refractivity contribution >= 4 is 11.0 Å². The van der Waals surface area contributed by atoms with Gasteiger partial charge in [-0.15, -0.1) is 0 Å². The Morgan fingerprint density at radius 1 is 0.946 bits per heavy atom. The summed E-state index contributed by atoms with van der Waals surface area (Å²) in [5.41, 5.74) is 6.33. The predicted octanol–water partition coefficient (Wildman–Crippen LogP) is 4.70. The third-order valence-corrected chi connectivity index (χ3v) is 8.80. The molecule has 2 saturated carbocycles. The van der Waals surface area contributed by atoms with Crippen molar-refractivity contribution in [2.24, 2.45) is 11.8 Å². The van der Waals surface area contributed by atoms with Gasteiger partial charge in [0.15, 0.2) is 0 Å². The van der Waals surface area contributed by atoms with E-state index in [9.17, 15) is 0 Å². The van der Waals surface area contributed by atoms with Crippen LogP contribution in [0.15, 0.2) is 48.9 Å². The first-order valence-electron chi connectivity index (χ1n) is 13.7. The summed E-state index contributed by atoms with van der Waals surface area (Å²) in [7, 11) is 0. The van der Waals surface area contributed by atoms with Gasteiger partial charge >= 0.3 is 0 Å². The molecule has 4 aromatic rings. The molecule has 192 valence electrons. The van der Waals surface area contributed by atoms with Crippen molar-refractivity contribution in [1.29, 1.82) is 0 Å². The molecule has 8 heteroatoms. The Kier molecular flexibility index (Phi) is 5.62. The molecule has 5 atom stereocenters. The maximum atomic E-state index is 5.57. The van der Waals surface area contributed by atoms with Gasteiger partial charge in [0.25, 0.3) is 0 Å². The number of hydrogen-bond donors (Lipinski definition) is 0. The minimum atomic E-state index is 0.0183. The molecule has 0 spiro atoms. The highest BCUT2D eigenvalue weighted by molar-refractivity contribution is 5.79. The van der Waals surface area contributed by atoms with Crippen molar-refractivity contribution in [3.63, 3.8) is 0 Å². The highest BCUT2D eigenvalue weighted by atomic mass is 16.5. The van der Waals surface area contributed by atoms with E-state index in [-0.39, 0.29) is 6.04 Å². The highest BCUT2D eigenvalue weighted by Crippen LogP contribution is 2.64. The zero-order valence-corrected chi connectivity index (χ0v) is 21.9. The van der Waals surface area contributed by atoms with Crippen LogP contribution in [-0.2, 0) is 4.74 Å².